The van der Waals surface area contributed by atoms with Gasteiger partial charge in [-0.05, 0) is 47.2 Å². The molecule has 0 radical (unpaired) electrons. The van der Waals surface area contributed by atoms with E-state index in [1.807, 2.05) is 75.4 Å². The van der Waals surface area contributed by atoms with Crippen molar-refractivity contribution in [2.75, 3.05) is 13.7 Å². The van der Waals surface area contributed by atoms with Gasteiger partial charge in [0.2, 0.25) is 11.8 Å². The largest absolute Gasteiger partial charge is 0.494 e. The van der Waals surface area contributed by atoms with Crippen LogP contribution in [0.15, 0.2) is 73.1 Å². The topological polar surface area (TPSA) is 160 Å². The Labute approximate surface area is 309 Å². The zero-order valence-corrected chi connectivity index (χ0v) is 31.3. The second kappa shape index (κ2) is 18.9. The van der Waals surface area contributed by atoms with Crippen LogP contribution in [0.2, 0.25) is 0 Å². The molecule has 4 aromatic rings. The number of aromatic nitrogens is 2. The number of nitrogens with zero attached hydrogens (tertiary/aromatic N) is 2. The van der Waals surface area contributed by atoms with Crippen molar-refractivity contribution in [3.8, 4) is 28.3 Å². The minimum atomic E-state index is -1.32. The molecule has 2 aromatic heterocycles. The summed E-state index contributed by atoms with van der Waals surface area (Å²) in [7, 11) is 1.36. The van der Waals surface area contributed by atoms with Crippen LogP contribution in [0.1, 0.15) is 86.3 Å². The van der Waals surface area contributed by atoms with Gasteiger partial charge in [0.15, 0.2) is 5.82 Å². The maximum Gasteiger partial charge on any atom is 0.305 e. The Morgan fingerprint density at radius 3 is 2.04 bits per heavy atom. The van der Waals surface area contributed by atoms with E-state index in [0.717, 1.165) is 39.3 Å². The lowest BCUT2D eigenvalue weighted by Gasteiger charge is -2.22. The number of carbonyl (C=O) groups is 4. The first kappa shape index (κ1) is 39.7. The quantitative estimate of drug-likeness (QED) is 0.0839. The van der Waals surface area contributed by atoms with Crippen LogP contribution in [0.25, 0.3) is 22.5 Å². The highest BCUT2D eigenvalue weighted by Gasteiger charge is 2.29. The highest BCUT2D eigenvalue weighted by Crippen LogP contribution is 2.29. The number of likely N-dealkylation sites (N-methyl/N-ethyl adjacent to an activating group) is 1. The number of rotatable bonds is 18. The van der Waals surface area contributed by atoms with Crippen molar-refractivity contribution in [2.45, 2.75) is 90.1 Å². The van der Waals surface area contributed by atoms with Gasteiger partial charge < -0.3 is 25.8 Å². The minimum Gasteiger partial charge on any atom is -0.494 e. The lowest BCUT2D eigenvalue weighted by atomic mass is 9.95. The van der Waals surface area contributed by atoms with E-state index >= 15 is 0 Å². The Hall–Kier alpha value is -5.10. The highest BCUT2D eigenvalue weighted by atomic mass is 32.1. The van der Waals surface area contributed by atoms with Gasteiger partial charge in [0, 0.05) is 41.9 Å². The molecule has 0 saturated carbocycles. The van der Waals surface area contributed by atoms with Gasteiger partial charge in [0.25, 0.3) is 5.91 Å². The second-order valence-corrected chi connectivity index (χ2v) is 14.8. The molecule has 0 aliphatic rings. The van der Waals surface area contributed by atoms with Gasteiger partial charge in [-0.15, -0.1) is 11.3 Å². The molecule has 2 heterocycles. The summed E-state index contributed by atoms with van der Waals surface area (Å²) in [5, 5.41) is 17.0. The van der Waals surface area contributed by atoms with E-state index < -0.39 is 42.2 Å². The summed E-state index contributed by atoms with van der Waals surface area (Å²) in [6.45, 7) is 9.06. The van der Waals surface area contributed by atoms with Crippen LogP contribution in [0.3, 0.4) is 0 Å². The normalized spacial score (nSPS) is 12.4. The molecule has 3 amide bonds. The molecule has 2 aromatic carbocycles. The first-order valence-electron chi connectivity index (χ1n) is 17.7. The summed E-state index contributed by atoms with van der Waals surface area (Å²) in [5.41, 5.74) is 3.17. The molecular weight excluding hydrogens is 679 g/mol. The van der Waals surface area contributed by atoms with Gasteiger partial charge in [-0.3, -0.25) is 19.2 Å². The number of amides is 3. The van der Waals surface area contributed by atoms with Crippen molar-refractivity contribution in [3.05, 3.63) is 88.4 Å². The molecule has 0 spiro atoms. The average molecular weight is 728 g/mol. The minimum absolute atomic E-state index is 0.0846. The molecule has 2 atom stereocenters. The van der Waals surface area contributed by atoms with Gasteiger partial charge in [0.1, 0.15) is 17.8 Å². The summed E-state index contributed by atoms with van der Waals surface area (Å²) < 4.78 is 5.89. The Balaban J connectivity index is 1.44. The van der Waals surface area contributed by atoms with Crippen LogP contribution < -0.4 is 20.7 Å². The Bertz CT molecular complexity index is 1780. The molecular formula is C40H49N5O6S. The van der Waals surface area contributed by atoms with E-state index in [2.05, 4.69) is 32.8 Å². The van der Waals surface area contributed by atoms with E-state index in [0.29, 0.717) is 17.3 Å². The Morgan fingerprint density at radius 1 is 0.788 bits per heavy atom. The molecule has 0 aliphatic carbocycles. The predicted octanol–water partition coefficient (Wildman–Crippen LogP) is 6.57. The number of carboxylic acid groups (broad SMARTS) is 1. The van der Waals surface area contributed by atoms with E-state index in [1.165, 1.54) is 44.1 Å². The van der Waals surface area contributed by atoms with Crippen LogP contribution in [-0.2, 0) is 26.2 Å². The van der Waals surface area contributed by atoms with Gasteiger partial charge in [0.05, 0.1) is 17.9 Å². The van der Waals surface area contributed by atoms with Crippen molar-refractivity contribution in [1.82, 2.24) is 25.9 Å². The summed E-state index contributed by atoms with van der Waals surface area (Å²) in [5.74, 6) is -1.67. The van der Waals surface area contributed by atoms with E-state index in [1.54, 1.807) is 18.5 Å². The van der Waals surface area contributed by atoms with Crippen molar-refractivity contribution in [1.29, 1.82) is 0 Å². The van der Waals surface area contributed by atoms with Gasteiger partial charge in [-0.2, -0.15) is 0 Å². The first-order valence-corrected chi connectivity index (χ1v) is 18.5. The van der Waals surface area contributed by atoms with Crippen molar-refractivity contribution < 1.29 is 29.0 Å². The fourth-order valence-corrected chi connectivity index (χ4v) is 6.39. The molecule has 2 unspecified atom stereocenters. The van der Waals surface area contributed by atoms with Crippen LogP contribution in [0, 0.1) is 0 Å². The fraction of sp³-hybridized carbons (Fsp3) is 0.400. The highest BCUT2D eigenvalue weighted by molar-refractivity contribution is 7.14. The number of nitrogens with one attached hydrogen (secondary N) is 3. The third kappa shape index (κ3) is 11.7. The van der Waals surface area contributed by atoms with Crippen molar-refractivity contribution >= 4 is 35.0 Å². The number of benzene rings is 2. The van der Waals surface area contributed by atoms with Crippen LogP contribution >= 0.6 is 11.3 Å². The summed E-state index contributed by atoms with van der Waals surface area (Å²) in [6.07, 6.45) is 8.97. The average Bonchev–Trinajstić information content (AvgIpc) is 3.65. The third-order valence-electron chi connectivity index (χ3n) is 8.46. The van der Waals surface area contributed by atoms with E-state index in [-0.39, 0.29) is 11.8 Å². The number of hydrogen-bond acceptors (Lipinski definition) is 8. The maximum absolute atomic E-state index is 13.5. The van der Waals surface area contributed by atoms with Crippen molar-refractivity contribution in [2.24, 2.45) is 0 Å². The summed E-state index contributed by atoms with van der Waals surface area (Å²) in [4.78, 5) is 61.2. The first-order chi connectivity index (χ1) is 24.9. The van der Waals surface area contributed by atoms with Crippen LogP contribution in [0.5, 0.6) is 5.75 Å². The number of aliphatic carboxylic acids is 1. The maximum atomic E-state index is 13.5. The number of carbonyl (C=O) groups excluding carboxylic acids is 3. The Morgan fingerprint density at radius 2 is 1.44 bits per heavy atom. The van der Waals surface area contributed by atoms with Crippen molar-refractivity contribution in [3.63, 3.8) is 0 Å². The zero-order chi connectivity index (χ0) is 37.7. The summed E-state index contributed by atoms with van der Waals surface area (Å²) >= 11 is 1.34. The van der Waals surface area contributed by atoms with Gasteiger partial charge >= 0.3 is 5.97 Å². The zero-order valence-electron chi connectivity index (χ0n) is 30.5. The molecule has 4 N–H and O–H groups in total. The van der Waals surface area contributed by atoms with E-state index in [4.69, 9.17) is 4.74 Å². The number of carboxylic acids is 1. The van der Waals surface area contributed by atoms with Crippen LogP contribution in [0.4, 0.5) is 0 Å². The summed E-state index contributed by atoms with van der Waals surface area (Å²) in [6, 6.07) is 16.4. The second-order valence-electron chi connectivity index (χ2n) is 13.7. The number of unbranched alkanes of at least 4 members (excludes halogenated alkanes) is 4. The monoisotopic (exact) mass is 727 g/mol. The number of hydrogen-bond donors (Lipinski definition) is 4. The molecule has 0 fully saturated rings. The van der Waals surface area contributed by atoms with E-state index in [9.17, 15) is 24.3 Å². The van der Waals surface area contributed by atoms with Gasteiger partial charge in [-0.25, -0.2) is 9.97 Å². The van der Waals surface area contributed by atoms with Gasteiger partial charge in [-0.1, -0.05) is 89.8 Å². The smallest absolute Gasteiger partial charge is 0.305 e. The molecule has 0 bridgehead atoms. The predicted molar refractivity (Wildman–Crippen MR) is 203 cm³/mol. The molecule has 4 rings (SSSR count). The molecule has 0 saturated heterocycles. The molecule has 12 heteroatoms. The number of thiophene rings is 1. The Kier molecular flexibility index (Phi) is 14.5. The lowest BCUT2D eigenvalue weighted by molar-refractivity contribution is -0.140. The third-order valence-corrected chi connectivity index (χ3v) is 9.97. The standard InChI is InChI=1S/C40H49N5O6S/c1-6-7-8-9-10-21-51-30-17-15-27(16-18-30)29-24-42-36(43-25-29)28-13-11-26(12-14-28)22-31(38(49)44-32(23-35(46)47)37(48)41-5)45-39(50)33-19-20-34(52-33)40(2,3)4/h11-20,24-25,31-32H,6-10,21-23H2,1-5H3,(H,41,48)(H,44,49)(H,45,50)(H,46,47). The molecule has 276 valence electrons. The lowest BCUT2D eigenvalue weighted by Crippen LogP contribution is -2.54. The van der Waals surface area contributed by atoms with Crippen LogP contribution in [-0.4, -0.2) is 64.5 Å². The SMILES string of the molecule is CCCCCCCOc1ccc(-c2cnc(-c3ccc(CC(NC(=O)c4ccc(C(C)(C)C)s4)C(=O)NC(CC(=O)O)C(=O)NC)cc3)nc2)cc1. The molecule has 52 heavy (non-hydrogen) atoms. The molecule has 11 nitrogen and oxygen atoms in total. The fourth-order valence-electron chi connectivity index (χ4n) is 5.42. The number of ether oxygens (including phenoxy) is 1. The molecule has 0 aliphatic heterocycles.